The molecule has 0 aliphatic carbocycles. The summed E-state index contributed by atoms with van der Waals surface area (Å²) in [6, 6.07) is 8.44. The van der Waals surface area contributed by atoms with Gasteiger partial charge in [0, 0.05) is 25.6 Å². The van der Waals surface area contributed by atoms with Gasteiger partial charge in [0.05, 0.1) is 33.0 Å². The SMILES string of the molecule is CC(=O)Nc1cc(NCC(C)O)c(Cl)cc1N=Nc1ccc([N+](=O)[O-])cc1C#N. The maximum absolute atomic E-state index is 11.5. The minimum atomic E-state index is -0.616. The lowest BCUT2D eigenvalue weighted by atomic mass is 10.2. The highest BCUT2D eigenvalue weighted by molar-refractivity contribution is 6.33. The molecule has 1 amide bonds. The highest BCUT2D eigenvalue weighted by Gasteiger charge is 2.13. The Kier molecular flexibility index (Phi) is 7.19. The lowest BCUT2D eigenvalue weighted by Gasteiger charge is -2.14. The normalized spacial score (nSPS) is 11.7. The molecule has 2 aromatic rings. The van der Waals surface area contributed by atoms with Crippen LogP contribution in [-0.2, 0) is 4.79 Å². The van der Waals surface area contributed by atoms with Crippen molar-refractivity contribution in [2.75, 3.05) is 17.2 Å². The smallest absolute Gasteiger partial charge is 0.270 e. The van der Waals surface area contributed by atoms with Gasteiger partial charge >= 0.3 is 0 Å². The molecule has 0 heterocycles. The maximum atomic E-state index is 11.5. The van der Waals surface area contributed by atoms with E-state index in [2.05, 4.69) is 20.9 Å². The number of nitrogens with zero attached hydrogens (tertiary/aromatic N) is 4. The quantitative estimate of drug-likeness (QED) is 0.347. The molecule has 11 heteroatoms. The predicted octanol–water partition coefficient (Wildman–Crippen LogP) is 4.29. The Morgan fingerprint density at radius 3 is 2.59 bits per heavy atom. The average Bonchev–Trinajstić information content (AvgIpc) is 2.66. The monoisotopic (exact) mass is 416 g/mol. The van der Waals surface area contributed by atoms with Crippen molar-refractivity contribution in [3.05, 3.63) is 51.0 Å². The molecule has 0 spiro atoms. The minimum absolute atomic E-state index is 0.0228. The molecule has 0 fully saturated rings. The summed E-state index contributed by atoms with van der Waals surface area (Å²) in [4.78, 5) is 21.7. The Labute approximate surface area is 171 Å². The highest BCUT2D eigenvalue weighted by Crippen LogP contribution is 2.36. The molecular formula is C18H17ClN6O4. The van der Waals surface area contributed by atoms with Crippen LogP contribution < -0.4 is 10.6 Å². The van der Waals surface area contributed by atoms with Crippen molar-refractivity contribution in [1.29, 1.82) is 5.26 Å². The topological polar surface area (TPSA) is 153 Å². The molecule has 29 heavy (non-hydrogen) atoms. The zero-order chi connectivity index (χ0) is 21.6. The standard InChI is InChI=1S/C18H17ClN6O4/c1-10(26)9-21-16-7-17(22-11(2)27)18(6-14(16)19)24-23-15-4-3-13(25(28)29)5-12(15)8-20/h3-7,10,21,26H,9H2,1-2H3,(H,22,27). The van der Waals surface area contributed by atoms with Crippen molar-refractivity contribution in [3.63, 3.8) is 0 Å². The number of carbonyl (C=O) groups excluding carboxylic acids is 1. The molecule has 0 aliphatic heterocycles. The van der Waals surface area contributed by atoms with Crippen LogP contribution in [0, 0.1) is 21.4 Å². The van der Waals surface area contributed by atoms with Gasteiger partial charge in [0.2, 0.25) is 5.91 Å². The van der Waals surface area contributed by atoms with Crippen molar-refractivity contribution in [3.8, 4) is 6.07 Å². The van der Waals surface area contributed by atoms with Crippen LogP contribution in [0.15, 0.2) is 40.6 Å². The van der Waals surface area contributed by atoms with Gasteiger partial charge in [0.1, 0.15) is 17.4 Å². The fourth-order valence-electron chi connectivity index (χ4n) is 2.25. The van der Waals surface area contributed by atoms with E-state index in [1.165, 1.54) is 25.1 Å². The summed E-state index contributed by atoms with van der Waals surface area (Å²) in [7, 11) is 0. The number of non-ortho nitro benzene ring substituents is 1. The lowest BCUT2D eigenvalue weighted by molar-refractivity contribution is -0.384. The van der Waals surface area contributed by atoms with Crippen LogP contribution in [0.2, 0.25) is 5.02 Å². The van der Waals surface area contributed by atoms with Crippen molar-refractivity contribution in [2.24, 2.45) is 10.2 Å². The molecule has 3 N–H and O–H groups in total. The second kappa shape index (κ2) is 9.59. The van der Waals surface area contributed by atoms with Gasteiger partial charge in [-0.2, -0.15) is 5.26 Å². The summed E-state index contributed by atoms with van der Waals surface area (Å²) in [6.45, 7) is 3.17. The largest absolute Gasteiger partial charge is 0.392 e. The maximum Gasteiger partial charge on any atom is 0.270 e. The number of aliphatic hydroxyl groups is 1. The van der Waals surface area contributed by atoms with Crippen molar-refractivity contribution < 1.29 is 14.8 Å². The number of benzene rings is 2. The Hall–Kier alpha value is -3.55. The third kappa shape index (κ3) is 5.97. The summed E-state index contributed by atoms with van der Waals surface area (Å²) in [5.74, 6) is -0.349. The first-order valence-electron chi connectivity index (χ1n) is 8.34. The average molecular weight is 417 g/mol. The number of carbonyl (C=O) groups is 1. The molecule has 0 aromatic heterocycles. The second-order valence-electron chi connectivity index (χ2n) is 6.03. The van der Waals surface area contributed by atoms with Crippen LogP contribution in [0.3, 0.4) is 0 Å². The number of nitriles is 1. The molecule has 0 saturated carbocycles. The van der Waals surface area contributed by atoms with Crippen molar-refractivity contribution in [1.82, 2.24) is 0 Å². The number of halogens is 1. The predicted molar refractivity (Wildman–Crippen MR) is 108 cm³/mol. The number of rotatable bonds is 7. The van der Waals surface area contributed by atoms with Crippen molar-refractivity contribution >= 4 is 45.9 Å². The van der Waals surface area contributed by atoms with E-state index in [1.807, 2.05) is 6.07 Å². The van der Waals surface area contributed by atoms with E-state index in [0.29, 0.717) is 11.4 Å². The first-order valence-corrected chi connectivity index (χ1v) is 8.72. The highest BCUT2D eigenvalue weighted by atomic mass is 35.5. The van der Waals surface area contributed by atoms with E-state index >= 15 is 0 Å². The number of nitro benzene ring substituents is 1. The van der Waals surface area contributed by atoms with Crippen molar-refractivity contribution in [2.45, 2.75) is 20.0 Å². The molecule has 0 radical (unpaired) electrons. The number of nitro groups is 1. The van der Waals surface area contributed by atoms with E-state index in [1.54, 1.807) is 13.0 Å². The number of hydrogen-bond acceptors (Lipinski definition) is 8. The number of anilines is 2. The molecule has 1 unspecified atom stereocenters. The number of amides is 1. The van der Waals surface area contributed by atoms with Crippen LogP contribution in [0.5, 0.6) is 0 Å². The van der Waals surface area contributed by atoms with Crippen LogP contribution in [0.1, 0.15) is 19.4 Å². The molecule has 0 aliphatic rings. The van der Waals surface area contributed by atoms with E-state index in [-0.39, 0.29) is 40.1 Å². The van der Waals surface area contributed by atoms with Gasteiger partial charge in [-0.3, -0.25) is 14.9 Å². The number of aliphatic hydroxyl groups excluding tert-OH is 1. The summed E-state index contributed by atoms with van der Waals surface area (Å²) < 4.78 is 0. The van der Waals surface area contributed by atoms with Crippen LogP contribution in [0.25, 0.3) is 0 Å². The fourth-order valence-corrected chi connectivity index (χ4v) is 2.48. The first kappa shape index (κ1) is 21.7. The Morgan fingerprint density at radius 2 is 2.00 bits per heavy atom. The van der Waals surface area contributed by atoms with Gasteiger partial charge in [-0.05, 0) is 25.1 Å². The minimum Gasteiger partial charge on any atom is -0.392 e. The van der Waals surface area contributed by atoms with Gasteiger partial charge < -0.3 is 15.7 Å². The Morgan fingerprint density at radius 1 is 1.31 bits per heavy atom. The summed E-state index contributed by atoms with van der Waals surface area (Å²) in [5, 5.41) is 43.3. The molecule has 1 atom stereocenters. The Bertz CT molecular complexity index is 1020. The third-order valence-electron chi connectivity index (χ3n) is 3.56. The van der Waals surface area contributed by atoms with E-state index in [0.717, 1.165) is 6.07 Å². The first-order chi connectivity index (χ1) is 13.7. The number of nitrogens with one attached hydrogen (secondary N) is 2. The molecule has 150 valence electrons. The molecule has 0 bridgehead atoms. The van der Waals surface area contributed by atoms with Gasteiger partial charge in [-0.15, -0.1) is 10.2 Å². The molecule has 2 aromatic carbocycles. The van der Waals surface area contributed by atoms with Crippen LogP contribution >= 0.6 is 11.6 Å². The van der Waals surface area contributed by atoms with Gasteiger partial charge in [0.15, 0.2) is 0 Å². The van der Waals surface area contributed by atoms with Crippen LogP contribution in [0.4, 0.5) is 28.4 Å². The summed E-state index contributed by atoms with van der Waals surface area (Å²) in [5.41, 5.74) is 0.859. The van der Waals surface area contributed by atoms with Gasteiger partial charge in [0.25, 0.3) is 5.69 Å². The van der Waals surface area contributed by atoms with E-state index in [4.69, 9.17) is 11.6 Å². The second-order valence-corrected chi connectivity index (χ2v) is 6.44. The third-order valence-corrected chi connectivity index (χ3v) is 3.87. The summed E-state index contributed by atoms with van der Waals surface area (Å²) in [6.07, 6.45) is -0.610. The van der Waals surface area contributed by atoms with E-state index in [9.17, 15) is 25.3 Å². The zero-order valence-electron chi connectivity index (χ0n) is 15.5. The van der Waals surface area contributed by atoms with Gasteiger partial charge in [-0.25, -0.2) is 0 Å². The molecule has 2 rings (SSSR count). The number of hydrogen-bond donors (Lipinski definition) is 3. The Balaban J connectivity index is 2.43. The molecular weight excluding hydrogens is 400 g/mol. The number of azo groups is 1. The van der Waals surface area contributed by atoms with E-state index < -0.39 is 11.0 Å². The molecule has 10 nitrogen and oxygen atoms in total. The zero-order valence-corrected chi connectivity index (χ0v) is 16.3. The lowest BCUT2D eigenvalue weighted by Crippen LogP contribution is -2.16. The van der Waals surface area contributed by atoms with Crippen LogP contribution in [-0.4, -0.2) is 28.6 Å². The van der Waals surface area contributed by atoms with Gasteiger partial charge in [-0.1, -0.05) is 11.6 Å². The fraction of sp³-hybridized carbons (Fsp3) is 0.222. The summed E-state index contributed by atoms with van der Waals surface area (Å²) >= 11 is 6.23. The molecule has 0 saturated heterocycles.